The highest BCUT2D eigenvalue weighted by Gasteiger charge is 2.24. The molecule has 0 saturated carbocycles. The van der Waals surface area contributed by atoms with Crippen molar-refractivity contribution < 1.29 is 9.69 Å². The molecule has 1 fully saturated rings. The Labute approximate surface area is 148 Å². The summed E-state index contributed by atoms with van der Waals surface area (Å²) in [5.41, 5.74) is 1.83. The summed E-state index contributed by atoms with van der Waals surface area (Å²) in [6.45, 7) is 4.48. The van der Waals surface area contributed by atoms with E-state index >= 15 is 0 Å². The van der Waals surface area contributed by atoms with Crippen LogP contribution in [0.5, 0.6) is 0 Å². The van der Waals surface area contributed by atoms with E-state index in [2.05, 4.69) is 24.3 Å². The average molecular weight is 342 g/mol. The number of amides is 1. The molecule has 0 bridgehead atoms. The highest BCUT2D eigenvalue weighted by atomic mass is 35.5. The van der Waals surface area contributed by atoms with Crippen LogP contribution >= 0.6 is 11.6 Å². The predicted octanol–water partition coefficient (Wildman–Crippen LogP) is 2.39. The van der Waals surface area contributed by atoms with Crippen molar-refractivity contribution in [3.63, 3.8) is 0 Å². The number of hydrogen-bond acceptors (Lipinski definition) is 1. The number of rotatable bonds is 4. The second kappa shape index (κ2) is 8.13. The maximum atomic E-state index is 12.5. The Balaban J connectivity index is 1.50. The molecule has 0 atom stereocenters. The van der Waals surface area contributed by atoms with Crippen molar-refractivity contribution in [2.75, 3.05) is 32.7 Å². The largest absolute Gasteiger partial charge is 0.329 e. The van der Waals surface area contributed by atoms with Crippen LogP contribution in [0.25, 0.3) is 6.08 Å². The van der Waals surface area contributed by atoms with Crippen molar-refractivity contribution in [1.29, 1.82) is 0 Å². The molecule has 1 aliphatic heterocycles. The summed E-state index contributed by atoms with van der Waals surface area (Å²) in [7, 11) is 0. The van der Waals surface area contributed by atoms with Gasteiger partial charge in [0.1, 0.15) is 0 Å². The molecule has 0 unspecified atom stereocenters. The molecule has 4 heteroatoms. The Hall–Kier alpha value is -2.10. The third-order valence-corrected chi connectivity index (χ3v) is 4.71. The topological polar surface area (TPSA) is 24.8 Å². The van der Waals surface area contributed by atoms with Gasteiger partial charge in [-0.1, -0.05) is 60.1 Å². The SMILES string of the molecule is O=C(c1ccccc1Cl)N1CC[NH+](CC=Cc2ccccc2)CC1. The minimum atomic E-state index is 0.0412. The summed E-state index contributed by atoms with van der Waals surface area (Å²) < 4.78 is 0. The number of nitrogens with zero attached hydrogens (tertiary/aromatic N) is 1. The normalized spacial score (nSPS) is 15.8. The van der Waals surface area contributed by atoms with Crippen LogP contribution in [0.1, 0.15) is 15.9 Å². The van der Waals surface area contributed by atoms with E-state index in [0.29, 0.717) is 10.6 Å². The number of piperazine rings is 1. The molecule has 1 amide bonds. The molecule has 3 nitrogen and oxygen atoms in total. The number of carbonyl (C=O) groups is 1. The smallest absolute Gasteiger partial charge is 0.255 e. The van der Waals surface area contributed by atoms with Crippen LogP contribution in [0.15, 0.2) is 60.7 Å². The van der Waals surface area contributed by atoms with Gasteiger partial charge in [-0.3, -0.25) is 4.79 Å². The molecule has 1 N–H and O–H groups in total. The summed E-state index contributed by atoms with van der Waals surface area (Å²) in [6, 6.07) is 17.6. The lowest BCUT2D eigenvalue weighted by Gasteiger charge is -2.32. The molecule has 124 valence electrons. The number of carbonyl (C=O) groups excluding carboxylic acids is 1. The van der Waals surface area contributed by atoms with Gasteiger partial charge in [-0.05, 0) is 23.8 Å². The van der Waals surface area contributed by atoms with Gasteiger partial charge in [-0.2, -0.15) is 0 Å². The van der Waals surface area contributed by atoms with E-state index in [4.69, 9.17) is 11.6 Å². The van der Waals surface area contributed by atoms with E-state index in [-0.39, 0.29) is 5.91 Å². The summed E-state index contributed by atoms with van der Waals surface area (Å²) in [4.78, 5) is 16.0. The van der Waals surface area contributed by atoms with Crippen molar-refractivity contribution in [3.8, 4) is 0 Å². The third-order valence-electron chi connectivity index (χ3n) is 4.38. The molecule has 2 aromatic rings. The molecule has 0 aliphatic carbocycles. The minimum absolute atomic E-state index is 0.0412. The Bertz CT molecular complexity index is 707. The van der Waals surface area contributed by atoms with Crippen LogP contribution in [0.3, 0.4) is 0 Å². The van der Waals surface area contributed by atoms with Gasteiger partial charge in [0.05, 0.1) is 43.3 Å². The highest BCUT2D eigenvalue weighted by Crippen LogP contribution is 2.17. The number of nitrogens with one attached hydrogen (secondary N) is 1. The zero-order chi connectivity index (χ0) is 16.8. The first kappa shape index (κ1) is 16.7. The van der Waals surface area contributed by atoms with E-state index in [1.54, 1.807) is 12.1 Å². The fourth-order valence-corrected chi connectivity index (χ4v) is 3.18. The van der Waals surface area contributed by atoms with Gasteiger partial charge in [-0.15, -0.1) is 0 Å². The molecular formula is C20H22ClN2O+. The van der Waals surface area contributed by atoms with Gasteiger partial charge in [-0.25, -0.2) is 0 Å². The summed E-state index contributed by atoms with van der Waals surface area (Å²) in [5.74, 6) is 0.0412. The standard InChI is InChI=1S/C20H21ClN2O/c21-19-11-5-4-10-18(19)20(24)23-15-13-22(14-16-23)12-6-9-17-7-2-1-3-8-17/h1-11H,12-16H2/p+1. The monoisotopic (exact) mass is 341 g/mol. The zero-order valence-corrected chi connectivity index (χ0v) is 14.4. The Morgan fingerprint density at radius 2 is 1.71 bits per heavy atom. The van der Waals surface area contributed by atoms with Crippen molar-refractivity contribution in [1.82, 2.24) is 4.90 Å². The van der Waals surface area contributed by atoms with E-state index in [1.807, 2.05) is 35.2 Å². The fourth-order valence-electron chi connectivity index (χ4n) is 2.96. The zero-order valence-electron chi connectivity index (χ0n) is 13.6. The molecule has 0 aromatic heterocycles. The first-order chi connectivity index (χ1) is 11.7. The van der Waals surface area contributed by atoms with E-state index in [1.165, 1.54) is 10.5 Å². The molecule has 1 saturated heterocycles. The van der Waals surface area contributed by atoms with Gasteiger partial charge >= 0.3 is 0 Å². The lowest BCUT2D eigenvalue weighted by Crippen LogP contribution is -3.14. The van der Waals surface area contributed by atoms with Crippen LogP contribution in [0.2, 0.25) is 5.02 Å². The van der Waals surface area contributed by atoms with Gasteiger partial charge in [0.25, 0.3) is 5.91 Å². The maximum absolute atomic E-state index is 12.5. The number of quaternary nitrogens is 1. The Morgan fingerprint density at radius 1 is 1.04 bits per heavy atom. The first-order valence-corrected chi connectivity index (χ1v) is 8.71. The van der Waals surface area contributed by atoms with Crippen LogP contribution in [0.4, 0.5) is 0 Å². The molecule has 1 heterocycles. The number of hydrogen-bond donors (Lipinski definition) is 1. The summed E-state index contributed by atoms with van der Waals surface area (Å²) >= 11 is 6.13. The minimum Gasteiger partial charge on any atom is -0.329 e. The quantitative estimate of drug-likeness (QED) is 0.907. The molecule has 24 heavy (non-hydrogen) atoms. The second-order valence-electron chi connectivity index (χ2n) is 6.04. The van der Waals surface area contributed by atoms with Gasteiger partial charge < -0.3 is 9.80 Å². The lowest BCUT2D eigenvalue weighted by atomic mass is 10.1. The first-order valence-electron chi connectivity index (χ1n) is 8.33. The van der Waals surface area contributed by atoms with E-state index in [9.17, 15) is 4.79 Å². The molecule has 0 radical (unpaired) electrons. The van der Waals surface area contributed by atoms with Gasteiger partial charge in [0.15, 0.2) is 0 Å². The summed E-state index contributed by atoms with van der Waals surface area (Å²) in [5, 5.41) is 0.531. The fraction of sp³-hybridized carbons (Fsp3) is 0.250. The molecule has 1 aliphatic rings. The highest BCUT2D eigenvalue weighted by molar-refractivity contribution is 6.33. The van der Waals surface area contributed by atoms with Crippen molar-refractivity contribution in [3.05, 3.63) is 76.8 Å². The van der Waals surface area contributed by atoms with Crippen molar-refractivity contribution >= 4 is 23.6 Å². The molecule has 2 aromatic carbocycles. The number of benzene rings is 2. The van der Waals surface area contributed by atoms with Gasteiger partial charge in [0, 0.05) is 0 Å². The van der Waals surface area contributed by atoms with Crippen LogP contribution < -0.4 is 4.90 Å². The Kier molecular flexibility index (Phi) is 5.68. The Morgan fingerprint density at radius 3 is 2.42 bits per heavy atom. The van der Waals surface area contributed by atoms with Gasteiger partial charge in [0.2, 0.25) is 0 Å². The van der Waals surface area contributed by atoms with Crippen molar-refractivity contribution in [2.24, 2.45) is 0 Å². The van der Waals surface area contributed by atoms with Crippen molar-refractivity contribution in [2.45, 2.75) is 0 Å². The van der Waals surface area contributed by atoms with Crippen LogP contribution in [-0.2, 0) is 0 Å². The molecule has 0 spiro atoms. The maximum Gasteiger partial charge on any atom is 0.255 e. The van der Waals surface area contributed by atoms with Crippen LogP contribution in [-0.4, -0.2) is 43.5 Å². The third kappa shape index (κ3) is 4.25. The molecular weight excluding hydrogens is 320 g/mol. The van der Waals surface area contributed by atoms with Crippen LogP contribution in [0, 0.1) is 0 Å². The molecule has 3 rings (SSSR count). The van der Waals surface area contributed by atoms with E-state index < -0.39 is 0 Å². The average Bonchev–Trinajstić information content (AvgIpc) is 2.63. The lowest BCUT2D eigenvalue weighted by molar-refractivity contribution is -0.898. The predicted molar refractivity (Wildman–Crippen MR) is 98.4 cm³/mol. The summed E-state index contributed by atoms with van der Waals surface area (Å²) in [6.07, 6.45) is 4.38. The van der Waals surface area contributed by atoms with E-state index in [0.717, 1.165) is 32.7 Å². The number of halogens is 1. The second-order valence-corrected chi connectivity index (χ2v) is 6.45.